The summed E-state index contributed by atoms with van der Waals surface area (Å²) in [4.78, 5) is 34.4. The van der Waals surface area contributed by atoms with Gasteiger partial charge < -0.3 is 20.5 Å². The number of hydrogen-bond donors (Lipinski definition) is 3. The first-order valence-corrected chi connectivity index (χ1v) is 7.27. The normalized spacial score (nSPS) is 14.2. The Bertz CT molecular complexity index is 690. The van der Waals surface area contributed by atoms with Crippen molar-refractivity contribution in [1.82, 2.24) is 10.6 Å². The van der Waals surface area contributed by atoms with Crippen LogP contribution in [-0.2, 0) is 20.8 Å². The second-order valence-corrected chi connectivity index (χ2v) is 5.37. The molecule has 1 heterocycles. The van der Waals surface area contributed by atoms with Gasteiger partial charge in [-0.1, -0.05) is 6.07 Å². The molecule has 2 rings (SSSR count). The summed E-state index contributed by atoms with van der Waals surface area (Å²) in [6.45, 7) is -1.09. The lowest BCUT2D eigenvalue weighted by Gasteiger charge is -2.16. The number of fused-ring (bicyclic) bond motifs is 1. The number of alkyl halides is 3. The average molecular weight is 360 g/mol. The number of carbonyl (C=O) groups excluding carboxylic acids is 2. The summed E-state index contributed by atoms with van der Waals surface area (Å²) in [6, 6.07) is 3.20. The first-order valence-electron chi connectivity index (χ1n) is 7.27. The molecular weight excluding hydrogens is 345 g/mol. The molecule has 0 saturated carbocycles. The zero-order chi connectivity index (χ0) is 18.6. The molecule has 0 radical (unpaired) electrons. The van der Waals surface area contributed by atoms with Crippen LogP contribution in [0.2, 0.25) is 0 Å². The summed E-state index contributed by atoms with van der Waals surface area (Å²) in [5, 5.41) is 12.9. The van der Waals surface area contributed by atoms with Gasteiger partial charge in [0.1, 0.15) is 18.7 Å². The van der Waals surface area contributed by atoms with Gasteiger partial charge in [0, 0.05) is 6.42 Å². The highest BCUT2D eigenvalue weighted by atomic mass is 19.4. The standard InChI is InChI=1S/C15H15F3N2O5/c16-15(17,18)7-19-11(21)6-12(22)20-13(14(23)24)9-1-2-10-8(5-9)3-4-25-10/h1-2,5,13H,3-4,6-7H2,(H,19,21)(H,20,22)(H,23,24). The van der Waals surface area contributed by atoms with Crippen LogP contribution in [0.1, 0.15) is 23.6 Å². The molecule has 0 aromatic heterocycles. The van der Waals surface area contributed by atoms with Gasteiger partial charge in [0.25, 0.3) is 0 Å². The lowest BCUT2D eigenvalue weighted by Crippen LogP contribution is -2.39. The van der Waals surface area contributed by atoms with Crippen molar-refractivity contribution in [3.63, 3.8) is 0 Å². The van der Waals surface area contributed by atoms with Crippen molar-refractivity contribution in [2.45, 2.75) is 25.1 Å². The Balaban J connectivity index is 1.98. The molecule has 0 aliphatic carbocycles. The Hall–Kier alpha value is -2.78. The van der Waals surface area contributed by atoms with E-state index in [1.54, 1.807) is 17.4 Å². The minimum absolute atomic E-state index is 0.279. The van der Waals surface area contributed by atoms with Crippen molar-refractivity contribution < 1.29 is 37.4 Å². The quantitative estimate of drug-likeness (QED) is 0.655. The fourth-order valence-electron chi connectivity index (χ4n) is 2.29. The van der Waals surface area contributed by atoms with E-state index in [0.717, 1.165) is 5.56 Å². The van der Waals surface area contributed by atoms with Crippen LogP contribution in [0.25, 0.3) is 0 Å². The number of halogens is 3. The van der Waals surface area contributed by atoms with Gasteiger partial charge in [-0.25, -0.2) is 4.79 Å². The first kappa shape index (κ1) is 18.6. The topological polar surface area (TPSA) is 105 Å². The van der Waals surface area contributed by atoms with Crippen molar-refractivity contribution in [2.24, 2.45) is 0 Å². The van der Waals surface area contributed by atoms with E-state index in [1.165, 1.54) is 6.07 Å². The minimum atomic E-state index is -4.60. The second-order valence-electron chi connectivity index (χ2n) is 5.37. The smallest absolute Gasteiger partial charge is 0.405 e. The molecule has 1 aromatic rings. The van der Waals surface area contributed by atoms with Gasteiger partial charge >= 0.3 is 12.1 Å². The number of benzene rings is 1. The molecule has 0 fully saturated rings. The maximum absolute atomic E-state index is 12.0. The van der Waals surface area contributed by atoms with Crippen molar-refractivity contribution >= 4 is 17.8 Å². The fraction of sp³-hybridized carbons (Fsp3) is 0.400. The summed E-state index contributed by atoms with van der Waals surface area (Å²) in [5.41, 5.74) is 1.07. The monoisotopic (exact) mass is 360 g/mol. The second kappa shape index (κ2) is 7.41. The Morgan fingerprint density at radius 3 is 2.60 bits per heavy atom. The summed E-state index contributed by atoms with van der Waals surface area (Å²) < 4.78 is 41.3. The molecule has 25 heavy (non-hydrogen) atoms. The van der Waals surface area contributed by atoms with Gasteiger partial charge in [-0.3, -0.25) is 9.59 Å². The average Bonchev–Trinajstić information content (AvgIpc) is 2.97. The zero-order valence-electron chi connectivity index (χ0n) is 12.9. The van der Waals surface area contributed by atoms with Crippen molar-refractivity contribution in [1.29, 1.82) is 0 Å². The molecule has 3 N–H and O–H groups in total. The number of nitrogens with one attached hydrogen (secondary N) is 2. The van der Waals surface area contributed by atoms with Crippen molar-refractivity contribution in [3.8, 4) is 5.75 Å². The largest absolute Gasteiger partial charge is 0.493 e. The minimum Gasteiger partial charge on any atom is -0.493 e. The maximum atomic E-state index is 12.0. The number of carboxylic acids is 1. The molecule has 7 nitrogen and oxygen atoms in total. The SMILES string of the molecule is O=C(CC(=O)NC(C(=O)O)c1ccc2c(c1)CCO2)NCC(F)(F)F. The number of carboxylic acid groups (broad SMARTS) is 1. The van der Waals surface area contributed by atoms with Gasteiger partial charge in [-0.2, -0.15) is 13.2 Å². The Morgan fingerprint density at radius 2 is 1.96 bits per heavy atom. The third-order valence-corrected chi connectivity index (χ3v) is 3.41. The molecule has 1 aliphatic heterocycles. The zero-order valence-corrected chi connectivity index (χ0v) is 12.9. The molecule has 0 bridgehead atoms. The van der Waals surface area contributed by atoms with E-state index in [9.17, 15) is 32.7 Å². The van der Waals surface area contributed by atoms with Crippen LogP contribution >= 0.6 is 0 Å². The summed E-state index contributed by atoms with van der Waals surface area (Å²) >= 11 is 0. The third-order valence-electron chi connectivity index (χ3n) is 3.41. The van der Waals surface area contributed by atoms with Gasteiger partial charge in [-0.05, 0) is 23.3 Å². The third kappa shape index (κ3) is 5.37. The predicted molar refractivity (Wildman–Crippen MR) is 77.8 cm³/mol. The molecule has 0 saturated heterocycles. The van der Waals surface area contributed by atoms with Crippen LogP contribution in [0.3, 0.4) is 0 Å². The molecule has 136 valence electrons. The highest BCUT2D eigenvalue weighted by Crippen LogP contribution is 2.28. The molecule has 2 amide bonds. The van der Waals surface area contributed by atoms with Crippen molar-refractivity contribution in [2.75, 3.05) is 13.2 Å². The van der Waals surface area contributed by atoms with Crippen LogP contribution in [0.15, 0.2) is 18.2 Å². The molecule has 1 atom stereocenters. The molecule has 1 unspecified atom stereocenters. The van der Waals surface area contributed by atoms with E-state index in [-0.39, 0.29) is 5.56 Å². The van der Waals surface area contributed by atoms with E-state index < -0.39 is 43.0 Å². The lowest BCUT2D eigenvalue weighted by atomic mass is 10.0. The predicted octanol–water partition coefficient (Wildman–Crippen LogP) is 0.932. The number of ether oxygens (including phenoxy) is 1. The number of carbonyl (C=O) groups is 3. The Morgan fingerprint density at radius 1 is 1.24 bits per heavy atom. The van der Waals surface area contributed by atoms with Gasteiger partial charge in [0.15, 0.2) is 6.04 Å². The maximum Gasteiger partial charge on any atom is 0.405 e. The van der Waals surface area contributed by atoms with E-state index in [0.29, 0.717) is 18.8 Å². The fourth-order valence-corrected chi connectivity index (χ4v) is 2.29. The van der Waals surface area contributed by atoms with E-state index in [2.05, 4.69) is 5.32 Å². The number of hydrogen-bond acceptors (Lipinski definition) is 4. The van der Waals surface area contributed by atoms with Gasteiger partial charge in [0.2, 0.25) is 11.8 Å². The Kier molecular flexibility index (Phi) is 5.50. The van der Waals surface area contributed by atoms with Crippen molar-refractivity contribution in [3.05, 3.63) is 29.3 Å². The number of aliphatic carboxylic acids is 1. The first-order chi connectivity index (χ1) is 11.7. The van der Waals surface area contributed by atoms with Crippen LogP contribution in [0.4, 0.5) is 13.2 Å². The summed E-state index contributed by atoms with van der Waals surface area (Å²) in [6.07, 6.45) is -4.90. The van der Waals surface area contributed by atoms with E-state index >= 15 is 0 Å². The molecule has 10 heteroatoms. The van der Waals surface area contributed by atoms with Crippen LogP contribution in [0, 0.1) is 0 Å². The summed E-state index contributed by atoms with van der Waals surface area (Å²) in [5.74, 6) is -2.88. The lowest BCUT2D eigenvalue weighted by molar-refractivity contribution is -0.144. The molecule has 0 spiro atoms. The molecule has 1 aliphatic rings. The highest BCUT2D eigenvalue weighted by molar-refractivity contribution is 5.98. The van der Waals surface area contributed by atoms with Crippen LogP contribution < -0.4 is 15.4 Å². The summed E-state index contributed by atoms with van der Waals surface area (Å²) in [7, 11) is 0. The number of amides is 2. The van der Waals surface area contributed by atoms with E-state index in [4.69, 9.17) is 4.74 Å². The Labute approximate surface area is 140 Å². The van der Waals surface area contributed by atoms with Crippen LogP contribution in [-0.4, -0.2) is 42.2 Å². The number of rotatable bonds is 6. The highest BCUT2D eigenvalue weighted by Gasteiger charge is 2.29. The van der Waals surface area contributed by atoms with Gasteiger partial charge in [-0.15, -0.1) is 0 Å². The van der Waals surface area contributed by atoms with Crippen LogP contribution in [0.5, 0.6) is 5.75 Å². The molecule has 1 aromatic carbocycles. The van der Waals surface area contributed by atoms with E-state index in [1.807, 2.05) is 0 Å². The molecular formula is C15H15F3N2O5. The van der Waals surface area contributed by atoms with Gasteiger partial charge in [0.05, 0.1) is 6.61 Å².